The molecule has 0 aliphatic carbocycles. The maximum absolute atomic E-state index is 11.2. The highest BCUT2D eigenvalue weighted by Gasteiger charge is 2.21. The zero-order chi connectivity index (χ0) is 10.4. The zero-order valence-electron chi connectivity index (χ0n) is 8.96. The van der Waals surface area contributed by atoms with E-state index in [4.69, 9.17) is 5.73 Å². The van der Waals surface area contributed by atoms with Crippen LogP contribution in [-0.4, -0.2) is 43.5 Å². The van der Waals surface area contributed by atoms with Crippen LogP contribution in [0.3, 0.4) is 0 Å². The van der Waals surface area contributed by atoms with Gasteiger partial charge < -0.3 is 11.1 Å². The Kier molecular flexibility index (Phi) is 4.90. The SMILES string of the molecule is CNC(=O)CC(CN)N1CCCCC1. The summed E-state index contributed by atoms with van der Waals surface area (Å²) in [5.41, 5.74) is 5.68. The fourth-order valence-electron chi connectivity index (χ4n) is 1.96. The number of nitrogens with two attached hydrogens (primary N) is 1. The molecular formula is C10H21N3O. The molecule has 3 N–H and O–H groups in total. The molecule has 1 rings (SSSR count). The first kappa shape index (κ1) is 11.5. The molecule has 4 nitrogen and oxygen atoms in total. The molecule has 0 spiro atoms. The average Bonchev–Trinajstić information content (AvgIpc) is 2.26. The van der Waals surface area contributed by atoms with Gasteiger partial charge in [0, 0.05) is 26.1 Å². The lowest BCUT2D eigenvalue weighted by atomic mass is 10.1. The zero-order valence-corrected chi connectivity index (χ0v) is 8.96. The summed E-state index contributed by atoms with van der Waals surface area (Å²) < 4.78 is 0. The van der Waals surface area contributed by atoms with Gasteiger partial charge in [0.15, 0.2) is 0 Å². The number of piperidine rings is 1. The summed E-state index contributed by atoms with van der Waals surface area (Å²) in [6.07, 6.45) is 4.33. The van der Waals surface area contributed by atoms with Crippen molar-refractivity contribution in [2.45, 2.75) is 31.7 Å². The van der Waals surface area contributed by atoms with Crippen LogP contribution >= 0.6 is 0 Å². The Morgan fingerprint density at radius 1 is 1.43 bits per heavy atom. The lowest BCUT2D eigenvalue weighted by Crippen LogP contribution is -2.45. The lowest BCUT2D eigenvalue weighted by Gasteiger charge is -2.33. The van der Waals surface area contributed by atoms with E-state index in [1.165, 1.54) is 19.3 Å². The first-order chi connectivity index (χ1) is 6.77. The summed E-state index contributed by atoms with van der Waals surface area (Å²) >= 11 is 0. The van der Waals surface area contributed by atoms with E-state index in [-0.39, 0.29) is 11.9 Å². The van der Waals surface area contributed by atoms with Crippen LogP contribution in [0.25, 0.3) is 0 Å². The number of amides is 1. The van der Waals surface area contributed by atoms with Crippen LogP contribution in [0.5, 0.6) is 0 Å². The van der Waals surface area contributed by atoms with Crippen molar-refractivity contribution in [1.29, 1.82) is 0 Å². The van der Waals surface area contributed by atoms with Crippen molar-refractivity contribution in [1.82, 2.24) is 10.2 Å². The highest BCUT2D eigenvalue weighted by atomic mass is 16.1. The summed E-state index contributed by atoms with van der Waals surface area (Å²) in [5.74, 6) is 0.0889. The minimum Gasteiger partial charge on any atom is -0.359 e. The molecule has 4 heteroatoms. The molecule has 1 aliphatic rings. The maximum atomic E-state index is 11.2. The van der Waals surface area contributed by atoms with Crippen LogP contribution in [0.15, 0.2) is 0 Å². The lowest BCUT2D eigenvalue weighted by molar-refractivity contribution is -0.121. The van der Waals surface area contributed by atoms with Crippen molar-refractivity contribution in [3.8, 4) is 0 Å². The van der Waals surface area contributed by atoms with Crippen LogP contribution in [0.4, 0.5) is 0 Å². The number of likely N-dealkylation sites (tertiary alicyclic amines) is 1. The summed E-state index contributed by atoms with van der Waals surface area (Å²) in [7, 11) is 1.67. The molecule has 0 aromatic heterocycles. The Morgan fingerprint density at radius 2 is 2.07 bits per heavy atom. The summed E-state index contributed by atoms with van der Waals surface area (Å²) in [5, 5.41) is 2.65. The molecule has 82 valence electrons. The summed E-state index contributed by atoms with van der Waals surface area (Å²) in [4.78, 5) is 13.6. The van der Waals surface area contributed by atoms with Crippen LogP contribution < -0.4 is 11.1 Å². The number of carbonyl (C=O) groups is 1. The third kappa shape index (κ3) is 3.27. The smallest absolute Gasteiger partial charge is 0.221 e. The molecule has 1 amide bonds. The fraction of sp³-hybridized carbons (Fsp3) is 0.900. The van der Waals surface area contributed by atoms with Crippen LogP contribution in [0.2, 0.25) is 0 Å². The van der Waals surface area contributed by atoms with E-state index in [2.05, 4.69) is 10.2 Å². The molecular weight excluding hydrogens is 178 g/mol. The van der Waals surface area contributed by atoms with Gasteiger partial charge in [-0.3, -0.25) is 9.69 Å². The number of hydrogen-bond acceptors (Lipinski definition) is 3. The van der Waals surface area contributed by atoms with Gasteiger partial charge in [0.25, 0.3) is 0 Å². The molecule has 0 aromatic carbocycles. The monoisotopic (exact) mass is 199 g/mol. The summed E-state index contributed by atoms with van der Waals surface area (Å²) in [6, 6.07) is 0.232. The normalized spacial score (nSPS) is 20.4. The first-order valence-corrected chi connectivity index (χ1v) is 5.42. The summed E-state index contributed by atoms with van der Waals surface area (Å²) in [6.45, 7) is 2.77. The predicted molar refractivity (Wildman–Crippen MR) is 57.0 cm³/mol. The minimum absolute atomic E-state index is 0.0889. The molecule has 1 fully saturated rings. The predicted octanol–water partition coefficient (Wildman–Crippen LogP) is -0.0643. The van der Waals surface area contributed by atoms with E-state index >= 15 is 0 Å². The third-order valence-corrected chi connectivity index (χ3v) is 2.88. The number of nitrogens with zero attached hydrogens (tertiary/aromatic N) is 1. The molecule has 0 aromatic rings. The Hall–Kier alpha value is -0.610. The van der Waals surface area contributed by atoms with Gasteiger partial charge in [0.2, 0.25) is 5.91 Å². The maximum Gasteiger partial charge on any atom is 0.221 e. The van der Waals surface area contributed by atoms with E-state index in [0.29, 0.717) is 13.0 Å². The first-order valence-electron chi connectivity index (χ1n) is 5.42. The molecule has 0 bridgehead atoms. The molecule has 14 heavy (non-hydrogen) atoms. The minimum atomic E-state index is 0.0889. The molecule has 1 aliphatic heterocycles. The Morgan fingerprint density at radius 3 is 2.57 bits per heavy atom. The van der Waals surface area contributed by atoms with Crippen molar-refractivity contribution in [2.24, 2.45) is 5.73 Å². The second-order valence-corrected chi connectivity index (χ2v) is 3.86. The van der Waals surface area contributed by atoms with E-state index in [9.17, 15) is 4.79 Å². The molecule has 0 radical (unpaired) electrons. The van der Waals surface area contributed by atoms with Crippen molar-refractivity contribution in [3.63, 3.8) is 0 Å². The van der Waals surface area contributed by atoms with Crippen molar-refractivity contribution < 1.29 is 4.79 Å². The van der Waals surface area contributed by atoms with Crippen molar-refractivity contribution in [2.75, 3.05) is 26.7 Å². The molecule has 1 unspecified atom stereocenters. The van der Waals surface area contributed by atoms with E-state index < -0.39 is 0 Å². The van der Waals surface area contributed by atoms with Gasteiger partial charge in [-0.25, -0.2) is 0 Å². The largest absolute Gasteiger partial charge is 0.359 e. The highest BCUT2D eigenvalue weighted by Crippen LogP contribution is 2.13. The molecule has 1 atom stereocenters. The molecule has 1 saturated heterocycles. The Labute approximate surface area is 85.8 Å². The topological polar surface area (TPSA) is 58.4 Å². The van der Waals surface area contributed by atoms with Gasteiger partial charge in [0.1, 0.15) is 0 Å². The number of carbonyl (C=O) groups excluding carboxylic acids is 1. The second kappa shape index (κ2) is 5.98. The number of nitrogens with one attached hydrogen (secondary N) is 1. The van der Waals surface area contributed by atoms with Crippen molar-refractivity contribution >= 4 is 5.91 Å². The van der Waals surface area contributed by atoms with Crippen LogP contribution in [0.1, 0.15) is 25.7 Å². The van der Waals surface area contributed by atoms with Gasteiger partial charge in [0.05, 0.1) is 0 Å². The van der Waals surface area contributed by atoms with E-state index in [1.807, 2.05) is 0 Å². The van der Waals surface area contributed by atoms with Crippen molar-refractivity contribution in [3.05, 3.63) is 0 Å². The van der Waals surface area contributed by atoms with E-state index in [1.54, 1.807) is 7.05 Å². The van der Waals surface area contributed by atoms with Gasteiger partial charge in [-0.15, -0.1) is 0 Å². The fourth-order valence-corrected chi connectivity index (χ4v) is 1.96. The van der Waals surface area contributed by atoms with Crippen LogP contribution in [-0.2, 0) is 4.79 Å². The average molecular weight is 199 g/mol. The van der Waals surface area contributed by atoms with Gasteiger partial charge in [-0.1, -0.05) is 6.42 Å². The molecule has 1 heterocycles. The van der Waals surface area contributed by atoms with Gasteiger partial charge in [-0.05, 0) is 25.9 Å². The second-order valence-electron chi connectivity index (χ2n) is 3.86. The number of rotatable bonds is 4. The highest BCUT2D eigenvalue weighted by molar-refractivity contribution is 5.76. The Balaban J connectivity index is 2.39. The van der Waals surface area contributed by atoms with E-state index in [0.717, 1.165) is 13.1 Å². The Bertz CT molecular complexity index is 178. The number of hydrogen-bond donors (Lipinski definition) is 2. The molecule has 0 saturated carbocycles. The standard InChI is InChI=1S/C10H21N3O/c1-12-10(14)7-9(8-11)13-5-3-2-4-6-13/h9H,2-8,11H2,1H3,(H,12,14). The third-order valence-electron chi connectivity index (χ3n) is 2.88. The van der Waals surface area contributed by atoms with Gasteiger partial charge in [-0.2, -0.15) is 0 Å². The van der Waals surface area contributed by atoms with Crippen LogP contribution in [0, 0.1) is 0 Å². The van der Waals surface area contributed by atoms with Gasteiger partial charge >= 0.3 is 0 Å². The quantitative estimate of drug-likeness (QED) is 0.666.